The van der Waals surface area contributed by atoms with Crippen LogP contribution in [0.5, 0.6) is 0 Å². The number of hydrogen-bond donors (Lipinski definition) is 1. The van der Waals surface area contributed by atoms with Gasteiger partial charge in [0.1, 0.15) is 0 Å². The number of benzene rings is 1. The second-order valence-electron chi connectivity index (χ2n) is 5.22. The Kier molecular flexibility index (Phi) is 5.27. The number of nitrogens with one attached hydrogen (secondary N) is 1. The van der Waals surface area contributed by atoms with Crippen LogP contribution in [0, 0.1) is 6.92 Å². The maximum atomic E-state index is 4.56. The van der Waals surface area contributed by atoms with E-state index in [1.54, 1.807) is 0 Å². The molecule has 0 aliphatic carbocycles. The van der Waals surface area contributed by atoms with Crippen molar-refractivity contribution >= 4 is 0 Å². The van der Waals surface area contributed by atoms with E-state index in [1.807, 2.05) is 20.0 Å². The third kappa shape index (κ3) is 4.15. The van der Waals surface area contributed by atoms with Gasteiger partial charge in [-0.1, -0.05) is 36.4 Å². The van der Waals surface area contributed by atoms with E-state index in [4.69, 9.17) is 0 Å². The second kappa shape index (κ2) is 7.17. The van der Waals surface area contributed by atoms with Gasteiger partial charge in [-0.2, -0.15) is 0 Å². The molecule has 1 unspecified atom stereocenters. The number of nitrogens with zero attached hydrogens (tertiary/aromatic N) is 2. The van der Waals surface area contributed by atoms with Crippen molar-refractivity contribution in [3.05, 3.63) is 65.5 Å². The number of pyridine rings is 1. The second-order valence-corrected chi connectivity index (χ2v) is 5.22. The van der Waals surface area contributed by atoms with Crippen LogP contribution in [0.1, 0.15) is 23.0 Å². The fourth-order valence-electron chi connectivity index (χ4n) is 2.39. The molecule has 20 heavy (non-hydrogen) atoms. The van der Waals surface area contributed by atoms with Crippen molar-refractivity contribution in [1.82, 2.24) is 15.2 Å². The van der Waals surface area contributed by atoms with E-state index in [9.17, 15) is 0 Å². The first-order valence-corrected chi connectivity index (χ1v) is 7.02. The molecule has 2 rings (SSSR count). The van der Waals surface area contributed by atoms with Gasteiger partial charge in [-0.05, 0) is 38.7 Å². The Morgan fingerprint density at radius 3 is 2.50 bits per heavy atom. The van der Waals surface area contributed by atoms with Crippen molar-refractivity contribution in [3.8, 4) is 0 Å². The number of hydrogen-bond acceptors (Lipinski definition) is 3. The zero-order valence-corrected chi connectivity index (χ0v) is 12.5. The molecule has 0 spiro atoms. The Labute approximate surface area is 121 Å². The Hall–Kier alpha value is -1.71. The van der Waals surface area contributed by atoms with Crippen LogP contribution in [0.2, 0.25) is 0 Å². The van der Waals surface area contributed by atoms with Gasteiger partial charge < -0.3 is 5.32 Å². The first-order valence-electron chi connectivity index (χ1n) is 7.02. The van der Waals surface area contributed by atoms with Crippen LogP contribution in [-0.4, -0.2) is 30.5 Å². The lowest BCUT2D eigenvalue weighted by Crippen LogP contribution is -2.31. The summed E-state index contributed by atoms with van der Waals surface area (Å²) in [5.41, 5.74) is 3.51. The molecule has 1 N–H and O–H groups in total. The first kappa shape index (κ1) is 14.7. The number of aromatic nitrogens is 1. The van der Waals surface area contributed by atoms with Crippen molar-refractivity contribution < 1.29 is 0 Å². The smallest absolute Gasteiger partial charge is 0.0547 e. The topological polar surface area (TPSA) is 28.2 Å². The molecule has 0 amide bonds. The maximum absolute atomic E-state index is 4.56. The number of likely N-dealkylation sites (N-methyl/N-ethyl adjacent to an activating group) is 2. The maximum Gasteiger partial charge on any atom is 0.0547 e. The Morgan fingerprint density at radius 2 is 1.85 bits per heavy atom. The highest BCUT2D eigenvalue weighted by molar-refractivity contribution is 5.19. The van der Waals surface area contributed by atoms with Crippen molar-refractivity contribution in [3.63, 3.8) is 0 Å². The molecule has 3 nitrogen and oxygen atoms in total. The normalized spacial score (nSPS) is 12.6. The lowest BCUT2D eigenvalue weighted by atomic mass is 10.1. The molecule has 0 fully saturated rings. The van der Waals surface area contributed by atoms with Gasteiger partial charge in [-0.15, -0.1) is 0 Å². The Morgan fingerprint density at radius 1 is 1.10 bits per heavy atom. The van der Waals surface area contributed by atoms with Gasteiger partial charge in [0.2, 0.25) is 0 Å². The summed E-state index contributed by atoms with van der Waals surface area (Å²) >= 11 is 0. The quantitative estimate of drug-likeness (QED) is 0.874. The minimum atomic E-state index is 0.339. The van der Waals surface area contributed by atoms with E-state index < -0.39 is 0 Å². The summed E-state index contributed by atoms with van der Waals surface area (Å²) in [5.74, 6) is 0. The summed E-state index contributed by atoms with van der Waals surface area (Å²) in [7, 11) is 4.15. The molecule has 0 saturated carbocycles. The van der Waals surface area contributed by atoms with E-state index in [1.165, 1.54) is 5.56 Å². The molecule has 1 heterocycles. The largest absolute Gasteiger partial charge is 0.312 e. The van der Waals surface area contributed by atoms with Crippen molar-refractivity contribution in [2.75, 3.05) is 20.6 Å². The SMILES string of the molecule is CNC(CN(C)Cc1cccc(C)n1)c1ccccc1. The Bertz CT molecular complexity index is 525. The van der Waals surface area contributed by atoms with E-state index in [0.717, 1.165) is 24.5 Å². The molecular weight excluding hydrogens is 246 g/mol. The standard InChI is InChI=1S/C17H23N3/c1-14-8-7-11-16(19-14)12-20(3)13-17(18-2)15-9-5-4-6-10-15/h4-11,17-18H,12-13H2,1-3H3. The van der Waals surface area contributed by atoms with Gasteiger partial charge in [-0.3, -0.25) is 9.88 Å². The van der Waals surface area contributed by atoms with E-state index in [-0.39, 0.29) is 0 Å². The highest BCUT2D eigenvalue weighted by atomic mass is 15.1. The molecule has 0 aliphatic rings. The van der Waals surface area contributed by atoms with Crippen LogP contribution in [0.3, 0.4) is 0 Å². The molecule has 0 saturated heterocycles. The molecule has 1 aromatic carbocycles. The third-order valence-electron chi connectivity index (χ3n) is 3.42. The summed E-state index contributed by atoms with van der Waals surface area (Å²) in [6.07, 6.45) is 0. The molecule has 3 heteroatoms. The highest BCUT2D eigenvalue weighted by Crippen LogP contribution is 2.14. The van der Waals surface area contributed by atoms with E-state index in [2.05, 4.69) is 64.7 Å². The molecular formula is C17H23N3. The fraction of sp³-hybridized carbons (Fsp3) is 0.353. The first-order chi connectivity index (χ1) is 9.69. The minimum absolute atomic E-state index is 0.339. The lowest BCUT2D eigenvalue weighted by molar-refractivity contribution is 0.286. The summed E-state index contributed by atoms with van der Waals surface area (Å²) in [4.78, 5) is 6.86. The van der Waals surface area contributed by atoms with Crippen LogP contribution in [0.4, 0.5) is 0 Å². The summed E-state index contributed by atoms with van der Waals surface area (Å²) in [6.45, 7) is 3.85. The van der Waals surface area contributed by atoms with Crippen LogP contribution in [0.25, 0.3) is 0 Å². The lowest BCUT2D eigenvalue weighted by Gasteiger charge is -2.24. The predicted octanol–water partition coefficient (Wildman–Crippen LogP) is 2.78. The van der Waals surface area contributed by atoms with Crippen LogP contribution < -0.4 is 5.32 Å². The predicted molar refractivity (Wildman–Crippen MR) is 83.6 cm³/mol. The molecule has 0 radical (unpaired) electrons. The summed E-state index contributed by atoms with van der Waals surface area (Å²) < 4.78 is 0. The van der Waals surface area contributed by atoms with E-state index in [0.29, 0.717) is 6.04 Å². The average Bonchev–Trinajstić information content (AvgIpc) is 2.45. The van der Waals surface area contributed by atoms with Crippen molar-refractivity contribution in [2.24, 2.45) is 0 Å². The van der Waals surface area contributed by atoms with Crippen LogP contribution >= 0.6 is 0 Å². The van der Waals surface area contributed by atoms with Gasteiger partial charge in [0.05, 0.1) is 5.69 Å². The Balaban J connectivity index is 1.97. The van der Waals surface area contributed by atoms with Gasteiger partial charge in [0, 0.05) is 24.8 Å². The monoisotopic (exact) mass is 269 g/mol. The molecule has 1 atom stereocenters. The average molecular weight is 269 g/mol. The molecule has 2 aromatic rings. The molecule has 1 aromatic heterocycles. The van der Waals surface area contributed by atoms with Gasteiger partial charge in [0.25, 0.3) is 0 Å². The summed E-state index contributed by atoms with van der Waals surface area (Å²) in [6, 6.07) is 17.1. The molecule has 0 aliphatic heterocycles. The van der Waals surface area contributed by atoms with Crippen LogP contribution in [0.15, 0.2) is 48.5 Å². The highest BCUT2D eigenvalue weighted by Gasteiger charge is 2.12. The zero-order valence-electron chi connectivity index (χ0n) is 12.5. The van der Waals surface area contributed by atoms with Gasteiger partial charge in [-0.25, -0.2) is 0 Å². The number of rotatable bonds is 6. The van der Waals surface area contributed by atoms with Crippen LogP contribution in [-0.2, 0) is 6.54 Å². The molecule has 106 valence electrons. The minimum Gasteiger partial charge on any atom is -0.312 e. The van der Waals surface area contributed by atoms with E-state index >= 15 is 0 Å². The third-order valence-corrected chi connectivity index (χ3v) is 3.42. The zero-order chi connectivity index (χ0) is 14.4. The number of aryl methyl sites for hydroxylation is 1. The molecule has 0 bridgehead atoms. The fourth-order valence-corrected chi connectivity index (χ4v) is 2.39. The van der Waals surface area contributed by atoms with Gasteiger partial charge >= 0.3 is 0 Å². The van der Waals surface area contributed by atoms with Crippen molar-refractivity contribution in [1.29, 1.82) is 0 Å². The van der Waals surface area contributed by atoms with Gasteiger partial charge in [0.15, 0.2) is 0 Å². The van der Waals surface area contributed by atoms with Crippen molar-refractivity contribution in [2.45, 2.75) is 19.5 Å². The summed E-state index contributed by atoms with van der Waals surface area (Å²) in [5, 5.41) is 3.38.